The van der Waals surface area contributed by atoms with Crippen LogP contribution in [0.4, 0.5) is 0 Å². The van der Waals surface area contributed by atoms with Crippen LogP contribution in [0, 0.1) is 0 Å². The van der Waals surface area contributed by atoms with E-state index in [1.165, 1.54) is 25.6 Å². The fourth-order valence-corrected chi connectivity index (χ4v) is 3.65. The molecule has 0 aliphatic carbocycles. The summed E-state index contributed by atoms with van der Waals surface area (Å²) in [6.07, 6.45) is 1.79. The van der Waals surface area contributed by atoms with E-state index in [-0.39, 0.29) is 5.91 Å². The average Bonchev–Trinajstić information content (AvgIpc) is 2.98. The highest BCUT2D eigenvalue weighted by molar-refractivity contribution is 7.16. The van der Waals surface area contributed by atoms with Gasteiger partial charge in [0.2, 0.25) is 0 Å². The Morgan fingerprint density at radius 3 is 2.72 bits per heavy atom. The van der Waals surface area contributed by atoms with Crippen molar-refractivity contribution in [3.05, 3.63) is 65.5 Å². The molecule has 0 radical (unpaired) electrons. The summed E-state index contributed by atoms with van der Waals surface area (Å²) in [5.74, 6) is 0.508. The number of thiazole rings is 1. The molecular formula is C19H18N2O3S. The number of aromatic nitrogens is 1. The molecule has 5 nitrogen and oxygen atoms in total. The molecule has 0 N–H and O–H groups in total. The van der Waals surface area contributed by atoms with E-state index in [9.17, 15) is 4.79 Å². The van der Waals surface area contributed by atoms with Crippen molar-refractivity contribution in [2.24, 2.45) is 4.99 Å². The maximum Gasteiger partial charge on any atom is 0.283 e. The molecule has 0 spiro atoms. The van der Waals surface area contributed by atoms with E-state index in [1.54, 1.807) is 24.3 Å². The molecule has 128 valence electrons. The Morgan fingerprint density at radius 1 is 1.20 bits per heavy atom. The van der Waals surface area contributed by atoms with E-state index in [1.807, 2.05) is 28.8 Å². The lowest BCUT2D eigenvalue weighted by molar-refractivity contribution is 0.0994. The summed E-state index contributed by atoms with van der Waals surface area (Å²) in [4.78, 5) is 17.7. The predicted molar refractivity (Wildman–Crippen MR) is 99.5 cm³/mol. The van der Waals surface area contributed by atoms with Crippen LogP contribution in [0.15, 0.2) is 60.1 Å². The standard InChI is InChI=1S/C19H18N2O3S/c1-4-12-21-14-9-5-6-11-16(14)25-19(21)20-18(22)13-8-7-10-15(23-2)17(13)24-3/h4-11H,1,12H2,2-3H3. The summed E-state index contributed by atoms with van der Waals surface area (Å²) in [6, 6.07) is 13.1. The number of allylic oxidation sites excluding steroid dienone is 1. The topological polar surface area (TPSA) is 52.8 Å². The smallest absolute Gasteiger partial charge is 0.283 e. The minimum absolute atomic E-state index is 0.365. The molecule has 3 rings (SSSR count). The van der Waals surface area contributed by atoms with Gasteiger partial charge in [0.25, 0.3) is 5.91 Å². The number of ether oxygens (including phenoxy) is 2. The van der Waals surface area contributed by atoms with Crippen LogP contribution in [0.1, 0.15) is 10.4 Å². The van der Waals surface area contributed by atoms with Crippen molar-refractivity contribution in [2.45, 2.75) is 6.54 Å². The van der Waals surface area contributed by atoms with Crippen molar-refractivity contribution in [3.8, 4) is 11.5 Å². The quantitative estimate of drug-likeness (QED) is 0.657. The zero-order chi connectivity index (χ0) is 17.8. The molecule has 3 aromatic rings. The third-order valence-corrected chi connectivity index (χ3v) is 4.79. The van der Waals surface area contributed by atoms with Crippen LogP contribution < -0.4 is 14.3 Å². The monoisotopic (exact) mass is 354 g/mol. The number of nitrogens with zero attached hydrogens (tertiary/aromatic N) is 2. The highest BCUT2D eigenvalue weighted by Crippen LogP contribution is 2.31. The first-order valence-corrected chi connectivity index (χ1v) is 8.50. The van der Waals surface area contributed by atoms with Crippen LogP contribution in [0.25, 0.3) is 10.2 Å². The third-order valence-electron chi connectivity index (χ3n) is 3.73. The highest BCUT2D eigenvalue weighted by atomic mass is 32.1. The molecule has 2 aromatic carbocycles. The second kappa shape index (κ2) is 7.36. The summed E-state index contributed by atoms with van der Waals surface area (Å²) < 4.78 is 13.6. The van der Waals surface area contributed by atoms with E-state index >= 15 is 0 Å². The largest absolute Gasteiger partial charge is 0.493 e. The Morgan fingerprint density at radius 2 is 2.00 bits per heavy atom. The highest BCUT2D eigenvalue weighted by Gasteiger charge is 2.16. The number of hydrogen-bond donors (Lipinski definition) is 0. The van der Waals surface area contributed by atoms with Gasteiger partial charge in [0.1, 0.15) is 0 Å². The van der Waals surface area contributed by atoms with E-state index in [0.29, 0.717) is 28.4 Å². The van der Waals surface area contributed by atoms with E-state index in [4.69, 9.17) is 9.47 Å². The predicted octanol–water partition coefficient (Wildman–Crippen LogP) is 3.65. The minimum Gasteiger partial charge on any atom is -0.493 e. The summed E-state index contributed by atoms with van der Waals surface area (Å²) in [7, 11) is 3.04. The third kappa shape index (κ3) is 3.21. The lowest BCUT2D eigenvalue weighted by Crippen LogP contribution is -2.16. The number of para-hydroxylation sites is 2. The van der Waals surface area contributed by atoms with E-state index < -0.39 is 0 Å². The lowest BCUT2D eigenvalue weighted by Gasteiger charge is -2.09. The number of amides is 1. The number of hydrogen-bond acceptors (Lipinski definition) is 4. The van der Waals surface area contributed by atoms with Crippen LogP contribution >= 0.6 is 11.3 Å². The average molecular weight is 354 g/mol. The summed E-state index contributed by atoms with van der Waals surface area (Å²) in [5, 5.41) is 0. The van der Waals surface area contributed by atoms with Crippen molar-refractivity contribution in [1.82, 2.24) is 4.57 Å². The van der Waals surface area contributed by atoms with Gasteiger partial charge in [0.05, 0.1) is 30.0 Å². The Labute approximate surface area is 149 Å². The molecule has 0 saturated carbocycles. The summed E-state index contributed by atoms with van der Waals surface area (Å²) in [5.41, 5.74) is 1.39. The normalized spacial score (nSPS) is 11.5. The maximum atomic E-state index is 12.8. The number of carbonyl (C=O) groups excluding carboxylic acids is 1. The Hall–Kier alpha value is -2.86. The van der Waals surface area contributed by atoms with Gasteiger partial charge in [0, 0.05) is 6.54 Å². The number of methoxy groups -OCH3 is 2. The maximum absolute atomic E-state index is 12.8. The van der Waals surface area contributed by atoms with Gasteiger partial charge < -0.3 is 14.0 Å². The van der Waals surface area contributed by atoms with Crippen molar-refractivity contribution in [1.29, 1.82) is 0 Å². The van der Waals surface area contributed by atoms with Crippen LogP contribution in [0.3, 0.4) is 0 Å². The minimum atomic E-state index is -0.375. The van der Waals surface area contributed by atoms with Gasteiger partial charge in [-0.1, -0.05) is 35.6 Å². The Kier molecular flexibility index (Phi) is 5.00. The molecule has 25 heavy (non-hydrogen) atoms. The van der Waals surface area contributed by atoms with Gasteiger partial charge in [0.15, 0.2) is 16.3 Å². The molecule has 0 unspecified atom stereocenters. The molecule has 1 aromatic heterocycles. The SMILES string of the molecule is C=CCn1c(=NC(=O)c2cccc(OC)c2OC)sc2ccccc21. The first-order valence-electron chi connectivity index (χ1n) is 7.69. The number of fused-ring (bicyclic) bond motifs is 1. The fraction of sp³-hybridized carbons (Fsp3) is 0.158. The lowest BCUT2D eigenvalue weighted by atomic mass is 10.2. The molecule has 1 heterocycles. The van der Waals surface area contributed by atoms with Crippen LogP contribution in [0.5, 0.6) is 11.5 Å². The molecule has 0 aliphatic rings. The molecule has 0 fully saturated rings. The van der Waals surface area contributed by atoms with E-state index in [0.717, 1.165) is 10.2 Å². The molecule has 6 heteroatoms. The summed E-state index contributed by atoms with van der Waals surface area (Å²) >= 11 is 1.47. The van der Waals surface area contributed by atoms with Crippen LogP contribution in [-0.4, -0.2) is 24.7 Å². The van der Waals surface area contributed by atoms with Crippen molar-refractivity contribution >= 4 is 27.5 Å². The molecule has 1 amide bonds. The zero-order valence-electron chi connectivity index (χ0n) is 14.1. The van der Waals surface area contributed by atoms with Gasteiger partial charge in [-0.2, -0.15) is 4.99 Å². The number of carbonyl (C=O) groups is 1. The molecular weight excluding hydrogens is 336 g/mol. The van der Waals surface area contributed by atoms with Gasteiger partial charge in [-0.3, -0.25) is 4.79 Å². The zero-order valence-corrected chi connectivity index (χ0v) is 14.9. The van der Waals surface area contributed by atoms with Gasteiger partial charge in [-0.15, -0.1) is 6.58 Å². The van der Waals surface area contributed by atoms with Crippen LogP contribution in [0.2, 0.25) is 0 Å². The second-order valence-corrected chi connectivity index (χ2v) is 6.22. The van der Waals surface area contributed by atoms with Crippen molar-refractivity contribution in [3.63, 3.8) is 0 Å². The van der Waals surface area contributed by atoms with Crippen molar-refractivity contribution < 1.29 is 14.3 Å². The van der Waals surface area contributed by atoms with Crippen molar-refractivity contribution in [2.75, 3.05) is 14.2 Å². The first kappa shape index (κ1) is 17.0. The molecule has 0 bridgehead atoms. The Balaban J connectivity index is 2.16. The second-order valence-electron chi connectivity index (χ2n) is 5.21. The van der Waals surface area contributed by atoms with Gasteiger partial charge in [-0.25, -0.2) is 0 Å². The molecule has 0 atom stereocenters. The Bertz CT molecular complexity index is 1000. The van der Waals surface area contributed by atoms with Gasteiger partial charge in [-0.05, 0) is 24.3 Å². The molecule has 0 aliphatic heterocycles. The first-order chi connectivity index (χ1) is 12.2. The van der Waals surface area contributed by atoms with E-state index in [2.05, 4.69) is 11.6 Å². The number of benzene rings is 2. The number of rotatable bonds is 5. The fourth-order valence-electron chi connectivity index (χ4n) is 2.61. The van der Waals surface area contributed by atoms with Gasteiger partial charge >= 0.3 is 0 Å². The summed E-state index contributed by atoms with van der Waals surface area (Å²) in [6.45, 7) is 4.37. The molecule has 0 saturated heterocycles. The van der Waals surface area contributed by atoms with Crippen LogP contribution in [-0.2, 0) is 6.54 Å².